The number of anilines is 2. The number of esters is 1. The first-order valence-electron chi connectivity index (χ1n) is 18.6. The van der Waals surface area contributed by atoms with Crippen LogP contribution in [0.5, 0.6) is 23.0 Å². The Morgan fingerprint density at radius 2 is 1.25 bits per heavy atom. The lowest BCUT2D eigenvalue weighted by Gasteiger charge is -2.35. The van der Waals surface area contributed by atoms with Crippen LogP contribution in [-0.4, -0.2) is 19.0 Å². The van der Waals surface area contributed by atoms with E-state index in [0.29, 0.717) is 39.6 Å². The van der Waals surface area contributed by atoms with Crippen molar-refractivity contribution in [2.24, 2.45) is 0 Å². The summed E-state index contributed by atoms with van der Waals surface area (Å²) in [5.74, 6) is 0.864. The van der Waals surface area contributed by atoms with Crippen LogP contribution in [0.25, 0.3) is 21.9 Å². The molecular formula is C46H43NO8P2. The maximum atomic E-state index is 14.0. The number of nitrogens with zero attached hydrogens (tertiary/aromatic N) is 1. The maximum absolute atomic E-state index is 14.0. The molecule has 0 saturated carbocycles. The highest BCUT2D eigenvalue weighted by molar-refractivity contribution is 7.51. The Labute approximate surface area is 335 Å². The third-order valence-electron chi connectivity index (χ3n) is 9.98. The van der Waals surface area contributed by atoms with Gasteiger partial charge >= 0.3 is 29.1 Å². The van der Waals surface area contributed by atoms with E-state index in [0.717, 1.165) is 33.2 Å². The summed E-state index contributed by atoms with van der Waals surface area (Å²) in [5, 5.41) is 1.88. The largest absolute Gasteiger partial charge is 0.530 e. The van der Waals surface area contributed by atoms with E-state index >= 15 is 0 Å². The van der Waals surface area contributed by atoms with Crippen LogP contribution in [0, 0.1) is 6.92 Å². The fourth-order valence-corrected chi connectivity index (χ4v) is 9.48. The van der Waals surface area contributed by atoms with E-state index < -0.39 is 34.5 Å². The number of ether oxygens (including phenoxy) is 1. The van der Waals surface area contributed by atoms with Crippen LogP contribution in [0.4, 0.5) is 11.4 Å². The highest BCUT2D eigenvalue weighted by atomic mass is 31.2. The Morgan fingerprint density at radius 3 is 1.88 bits per heavy atom. The minimum absolute atomic E-state index is 0.173. The molecule has 2 aliphatic rings. The Hall–Kier alpha value is -5.62. The molecule has 2 aliphatic heterocycles. The van der Waals surface area contributed by atoms with Crippen LogP contribution in [0.2, 0.25) is 0 Å². The zero-order chi connectivity index (χ0) is 40.2. The van der Waals surface area contributed by atoms with E-state index in [1.165, 1.54) is 7.11 Å². The molecule has 290 valence electrons. The van der Waals surface area contributed by atoms with Gasteiger partial charge in [-0.1, -0.05) is 102 Å². The Morgan fingerprint density at radius 1 is 0.649 bits per heavy atom. The normalized spacial score (nSPS) is 15.3. The Bertz CT molecular complexity index is 2500. The van der Waals surface area contributed by atoms with Gasteiger partial charge in [0.2, 0.25) is 0 Å². The van der Waals surface area contributed by atoms with Crippen molar-refractivity contribution in [1.82, 2.24) is 0 Å². The van der Waals surface area contributed by atoms with Crippen LogP contribution in [-0.2, 0) is 20.1 Å². The molecule has 1 atom stereocenters. The van der Waals surface area contributed by atoms with E-state index in [4.69, 9.17) is 27.4 Å². The van der Waals surface area contributed by atoms with E-state index in [9.17, 15) is 9.59 Å². The van der Waals surface area contributed by atoms with E-state index in [1.54, 1.807) is 18.2 Å². The standard InChI is InChI=1S/C46H43NO8P2/c1-28-24-30(45(2,3)4)25-34(41(28)54-57-51-38-22-14-16-29-17-15-23-39(52-57)40(29)38)35-26-31(46(5,6)7)27-36(43(48)50-8)42(35)53-56-47(32-18-10-9-11-19-32)37-21-13-12-20-33(37)44(49)55-56/h9-27H,1-8H3. The van der Waals surface area contributed by atoms with Crippen LogP contribution in [0.1, 0.15) is 78.9 Å². The molecule has 0 amide bonds. The second-order valence-corrected chi connectivity index (χ2v) is 18.3. The summed E-state index contributed by atoms with van der Waals surface area (Å²) in [4.78, 5) is 27.6. The molecule has 6 aromatic carbocycles. The molecule has 57 heavy (non-hydrogen) atoms. The molecule has 0 spiro atoms. The molecule has 0 aliphatic carbocycles. The number of benzene rings is 6. The van der Waals surface area contributed by atoms with Crippen molar-refractivity contribution >= 4 is 51.2 Å². The van der Waals surface area contributed by atoms with Crippen molar-refractivity contribution < 1.29 is 36.9 Å². The predicted octanol–water partition coefficient (Wildman–Crippen LogP) is 12.9. The van der Waals surface area contributed by atoms with Gasteiger partial charge in [0, 0.05) is 11.1 Å². The minimum Gasteiger partial charge on any atom is -0.465 e. The highest BCUT2D eigenvalue weighted by Gasteiger charge is 2.40. The molecule has 6 aromatic rings. The minimum atomic E-state index is -2.23. The van der Waals surface area contributed by atoms with Crippen molar-refractivity contribution in [2.45, 2.75) is 59.3 Å². The van der Waals surface area contributed by atoms with Gasteiger partial charge in [0.15, 0.2) is 5.75 Å². The average Bonchev–Trinajstić information content (AvgIpc) is 3.18. The molecule has 0 radical (unpaired) electrons. The monoisotopic (exact) mass is 799 g/mol. The van der Waals surface area contributed by atoms with Crippen LogP contribution < -0.4 is 22.8 Å². The lowest BCUT2D eigenvalue weighted by Crippen LogP contribution is -2.25. The summed E-state index contributed by atoms with van der Waals surface area (Å²) < 4.78 is 40.1. The van der Waals surface area contributed by atoms with Gasteiger partial charge in [-0.05, 0) is 94.4 Å². The van der Waals surface area contributed by atoms with Crippen LogP contribution >= 0.6 is 17.1 Å². The van der Waals surface area contributed by atoms with Gasteiger partial charge < -0.3 is 27.4 Å². The summed E-state index contributed by atoms with van der Waals surface area (Å²) in [7, 11) is -2.87. The summed E-state index contributed by atoms with van der Waals surface area (Å²) in [6.45, 7) is 14.6. The topological polar surface area (TPSA) is 92.8 Å². The van der Waals surface area contributed by atoms with E-state index in [2.05, 4.69) is 53.7 Å². The Kier molecular flexibility index (Phi) is 9.88. The van der Waals surface area contributed by atoms with E-state index in [1.807, 2.05) is 96.5 Å². The molecule has 9 nitrogen and oxygen atoms in total. The van der Waals surface area contributed by atoms with Crippen molar-refractivity contribution in [2.75, 3.05) is 11.8 Å². The number of rotatable bonds is 7. The lowest BCUT2D eigenvalue weighted by atomic mass is 9.81. The number of methoxy groups -OCH3 is 1. The van der Waals surface area contributed by atoms with Gasteiger partial charge in [0.25, 0.3) is 0 Å². The van der Waals surface area contributed by atoms with Crippen LogP contribution in [0.15, 0.2) is 115 Å². The predicted molar refractivity (Wildman–Crippen MR) is 226 cm³/mol. The number of fused-ring (bicyclic) bond motifs is 1. The smallest absolute Gasteiger partial charge is 0.465 e. The second-order valence-electron chi connectivity index (χ2n) is 16.0. The molecule has 0 N–H and O–H groups in total. The zero-order valence-electron chi connectivity index (χ0n) is 33.1. The van der Waals surface area contributed by atoms with Crippen LogP contribution in [0.3, 0.4) is 0 Å². The lowest BCUT2D eigenvalue weighted by molar-refractivity contribution is 0.0598. The Balaban J connectivity index is 1.34. The molecule has 0 bridgehead atoms. The number of carbonyl (C=O) groups excluding carboxylic acids is 2. The molecule has 2 heterocycles. The first kappa shape index (κ1) is 38.3. The van der Waals surface area contributed by atoms with Gasteiger partial charge in [0.1, 0.15) is 22.8 Å². The average molecular weight is 800 g/mol. The van der Waals surface area contributed by atoms with Gasteiger partial charge in [-0.25, -0.2) is 9.59 Å². The highest BCUT2D eigenvalue weighted by Crippen LogP contribution is 2.59. The van der Waals surface area contributed by atoms with Gasteiger partial charge in [-0.15, -0.1) is 0 Å². The molecule has 11 heteroatoms. The number of para-hydroxylation sites is 2. The summed E-state index contributed by atoms with van der Waals surface area (Å²) in [5.41, 5.74) is 5.15. The second kappa shape index (κ2) is 14.7. The summed E-state index contributed by atoms with van der Waals surface area (Å²) in [6.07, 6.45) is 0. The number of aryl methyl sites for hydroxylation is 1. The third kappa shape index (κ3) is 7.27. The summed E-state index contributed by atoms with van der Waals surface area (Å²) in [6, 6.07) is 36.6. The molecule has 0 aromatic heterocycles. The fraction of sp³-hybridized carbons (Fsp3) is 0.217. The maximum Gasteiger partial charge on any atom is 0.530 e. The third-order valence-corrected chi connectivity index (χ3v) is 12.4. The van der Waals surface area contributed by atoms with Gasteiger partial charge in [-0.2, -0.15) is 0 Å². The molecule has 0 saturated heterocycles. The van der Waals surface area contributed by atoms with Gasteiger partial charge in [-0.3, -0.25) is 4.67 Å². The fourth-order valence-electron chi connectivity index (χ4n) is 6.89. The number of carbonyl (C=O) groups is 2. The quantitative estimate of drug-likeness (QED) is 0.116. The SMILES string of the molecule is COC(=O)c1cc(C(C)(C)C)cc(-c2cc(C(C)(C)C)cc(C)c2OP2Oc3cccc4cccc(c34)O2)c1OP1OC(=O)c2ccccc2N1c1ccccc1. The van der Waals surface area contributed by atoms with Crippen molar-refractivity contribution in [1.29, 1.82) is 0 Å². The zero-order valence-corrected chi connectivity index (χ0v) is 34.9. The van der Waals surface area contributed by atoms with Crippen molar-refractivity contribution in [3.63, 3.8) is 0 Å². The molecular weight excluding hydrogens is 756 g/mol. The molecule has 0 fully saturated rings. The van der Waals surface area contributed by atoms with Crippen molar-refractivity contribution in [3.05, 3.63) is 143 Å². The van der Waals surface area contributed by atoms with Crippen molar-refractivity contribution in [3.8, 4) is 34.1 Å². The number of hydrogen-bond donors (Lipinski definition) is 0. The summed E-state index contributed by atoms with van der Waals surface area (Å²) >= 11 is 0. The van der Waals surface area contributed by atoms with Gasteiger partial charge in [0.05, 0.1) is 29.4 Å². The first-order valence-corrected chi connectivity index (χ1v) is 20.9. The first-order chi connectivity index (χ1) is 27.2. The van der Waals surface area contributed by atoms with E-state index in [-0.39, 0.29) is 16.7 Å². The molecule has 8 rings (SSSR count). The number of hydrogen-bond acceptors (Lipinski definition) is 9. The molecule has 1 unspecified atom stereocenters.